The molecule has 0 aliphatic carbocycles. The van der Waals surface area contributed by atoms with Gasteiger partial charge in [-0.15, -0.1) is 5.10 Å². The standard InChI is InChI=1S/C19H17FN4O2/c20-16-9-2-1-8-15(16)17(25)21-14-7-5-6-13(12-14)18-22-23-19(26-18)24-10-3-4-11-24/h1-2,5-9,12H,3-4,10-11H2,(H,21,25). The van der Waals surface area contributed by atoms with Crippen LogP contribution in [0.5, 0.6) is 0 Å². The van der Waals surface area contributed by atoms with Gasteiger partial charge in [-0.25, -0.2) is 4.39 Å². The molecule has 1 aliphatic heterocycles. The van der Waals surface area contributed by atoms with Gasteiger partial charge in [-0.2, -0.15) is 0 Å². The Kier molecular flexibility index (Phi) is 4.35. The third kappa shape index (κ3) is 3.28. The van der Waals surface area contributed by atoms with E-state index in [-0.39, 0.29) is 5.56 Å². The Bertz CT molecular complexity index is 935. The smallest absolute Gasteiger partial charge is 0.318 e. The van der Waals surface area contributed by atoms with E-state index in [0.717, 1.165) is 25.9 Å². The molecule has 1 N–H and O–H groups in total. The second kappa shape index (κ2) is 6.95. The van der Waals surface area contributed by atoms with E-state index in [2.05, 4.69) is 20.4 Å². The highest BCUT2D eigenvalue weighted by Gasteiger charge is 2.19. The number of carbonyl (C=O) groups excluding carboxylic acids is 1. The van der Waals surface area contributed by atoms with Gasteiger partial charge in [-0.1, -0.05) is 23.3 Å². The van der Waals surface area contributed by atoms with Crippen molar-refractivity contribution in [3.05, 3.63) is 59.9 Å². The zero-order valence-corrected chi connectivity index (χ0v) is 14.0. The van der Waals surface area contributed by atoms with Gasteiger partial charge in [0.05, 0.1) is 5.56 Å². The largest absolute Gasteiger partial charge is 0.403 e. The van der Waals surface area contributed by atoms with Crippen LogP contribution in [0.15, 0.2) is 52.9 Å². The molecule has 0 unspecified atom stereocenters. The van der Waals surface area contributed by atoms with Crippen LogP contribution in [-0.4, -0.2) is 29.2 Å². The van der Waals surface area contributed by atoms with Gasteiger partial charge in [0.15, 0.2) is 0 Å². The highest BCUT2D eigenvalue weighted by Crippen LogP contribution is 2.26. The summed E-state index contributed by atoms with van der Waals surface area (Å²) in [6.07, 6.45) is 2.24. The summed E-state index contributed by atoms with van der Waals surface area (Å²) >= 11 is 0. The summed E-state index contributed by atoms with van der Waals surface area (Å²) < 4.78 is 19.5. The molecule has 7 heteroatoms. The van der Waals surface area contributed by atoms with Gasteiger partial charge in [0.2, 0.25) is 5.89 Å². The topological polar surface area (TPSA) is 71.3 Å². The summed E-state index contributed by atoms with van der Waals surface area (Å²) in [6, 6.07) is 13.4. The molecule has 0 saturated carbocycles. The van der Waals surface area contributed by atoms with Crippen molar-refractivity contribution in [3.8, 4) is 11.5 Å². The summed E-state index contributed by atoms with van der Waals surface area (Å²) in [5, 5.41) is 10.9. The number of hydrogen-bond acceptors (Lipinski definition) is 5. The molecule has 2 heterocycles. The molecule has 1 fully saturated rings. The molecule has 0 spiro atoms. The number of nitrogens with zero attached hydrogens (tertiary/aromatic N) is 3. The lowest BCUT2D eigenvalue weighted by Crippen LogP contribution is -2.17. The Morgan fingerprint density at radius 1 is 1.08 bits per heavy atom. The number of rotatable bonds is 4. The van der Waals surface area contributed by atoms with Gasteiger partial charge in [-0.3, -0.25) is 4.79 Å². The molecule has 26 heavy (non-hydrogen) atoms. The molecule has 2 aromatic carbocycles. The van der Waals surface area contributed by atoms with Crippen molar-refractivity contribution in [2.45, 2.75) is 12.8 Å². The van der Waals surface area contributed by atoms with Gasteiger partial charge >= 0.3 is 6.01 Å². The first kappa shape index (κ1) is 16.3. The van der Waals surface area contributed by atoms with E-state index in [1.807, 2.05) is 6.07 Å². The fourth-order valence-electron chi connectivity index (χ4n) is 2.94. The van der Waals surface area contributed by atoms with E-state index in [0.29, 0.717) is 23.2 Å². The molecule has 0 radical (unpaired) electrons. The van der Waals surface area contributed by atoms with Crippen molar-refractivity contribution in [1.82, 2.24) is 10.2 Å². The molecule has 1 saturated heterocycles. The van der Waals surface area contributed by atoms with Crippen LogP contribution in [0.3, 0.4) is 0 Å². The molecule has 4 rings (SSSR count). The summed E-state index contributed by atoms with van der Waals surface area (Å²) in [4.78, 5) is 14.3. The van der Waals surface area contributed by atoms with Crippen LogP contribution < -0.4 is 10.2 Å². The number of benzene rings is 2. The van der Waals surface area contributed by atoms with E-state index in [9.17, 15) is 9.18 Å². The van der Waals surface area contributed by atoms with Gasteiger partial charge in [-0.05, 0) is 43.2 Å². The molecule has 0 bridgehead atoms. The lowest BCUT2D eigenvalue weighted by Gasteiger charge is -2.10. The third-order valence-corrected chi connectivity index (χ3v) is 4.28. The highest BCUT2D eigenvalue weighted by atomic mass is 19.1. The van der Waals surface area contributed by atoms with E-state index in [1.54, 1.807) is 30.3 Å². The first-order valence-corrected chi connectivity index (χ1v) is 8.45. The van der Waals surface area contributed by atoms with E-state index < -0.39 is 11.7 Å². The maximum absolute atomic E-state index is 13.7. The molecule has 0 atom stereocenters. The highest BCUT2D eigenvalue weighted by molar-refractivity contribution is 6.04. The number of nitrogens with one attached hydrogen (secondary N) is 1. The number of hydrogen-bond donors (Lipinski definition) is 1. The van der Waals surface area contributed by atoms with E-state index in [1.165, 1.54) is 12.1 Å². The van der Waals surface area contributed by atoms with Crippen molar-refractivity contribution >= 4 is 17.6 Å². The Hall–Kier alpha value is -3.22. The van der Waals surface area contributed by atoms with Gasteiger partial charge < -0.3 is 14.6 Å². The summed E-state index contributed by atoms with van der Waals surface area (Å²) in [6.45, 7) is 1.83. The normalized spacial score (nSPS) is 13.8. The second-order valence-electron chi connectivity index (χ2n) is 6.10. The lowest BCUT2D eigenvalue weighted by molar-refractivity contribution is 0.102. The van der Waals surface area contributed by atoms with Crippen molar-refractivity contribution in [3.63, 3.8) is 0 Å². The van der Waals surface area contributed by atoms with Crippen molar-refractivity contribution in [2.75, 3.05) is 23.3 Å². The Balaban J connectivity index is 1.53. The van der Waals surface area contributed by atoms with Gasteiger partial charge in [0.25, 0.3) is 5.91 Å². The number of amides is 1. The monoisotopic (exact) mass is 352 g/mol. The Labute approximate surface area is 149 Å². The summed E-state index contributed by atoms with van der Waals surface area (Å²) in [7, 11) is 0. The fraction of sp³-hybridized carbons (Fsp3) is 0.211. The van der Waals surface area contributed by atoms with Crippen LogP contribution in [0.4, 0.5) is 16.1 Å². The quantitative estimate of drug-likeness (QED) is 0.775. The third-order valence-electron chi connectivity index (χ3n) is 4.28. The van der Waals surface area contributed by atoms with Crippen LogP contribution in [0.2, 0.25) is 0 Å². The maximum Gasteiger partial charge on any atom is 0.318 e. The second-order valence-corrected chi connectivity index (χ2v) is 6.10. The van der Waals surface area contributed by atoms with Gasteiger partial charge in [0, 0.05) is 24.3 Å². The van der Waals surface area contributed by atoms with Crippen LogP contribution in [0.25, 0.3) is 11.5 Å². The van der Waals surface area contributed by atoms with Crippen LogP contribution in [-0.2, 0) is 0 Å². The first-order valence-electron chi connectivity index (χ1n) is 8.45. The van der Waals surface area contributed by atoms with Gasteiger partial charge in [0.1, 0.15) is 5.82 Å². The van der Waals surface area contributed by atoms with Crippen molar-refractivity contribution < 1.29 is 13.6 Å². The van der Waals surface area contributed by atoms with E-state index in [4.69, 9.17) is 4.42 Å². The molecule has 132 valence electrons. The van der Waals surface area contributed by atoms with Crippen LogP contribution >= 0.6 is 0 Å². The predicted octanol–water partition coefficient (Wildman–Crippen LogP) is 3.73. The number of anilines is 2. The number of halogens is 1. The first-order chi connectivity index (χ1) is 12.7. The maximum atomic E-state index is 13.7. The zero-order valence-electron chi connectivity index (χ0n) is 14.0. The zero-order chi connectivity index (χ0) is 17.9. The average molecular weight is 352 g/mol. The SMILES string of the molecule is O=C(Nc1cccc(-c2nnc(N3CCCC3)o2)c1)c1ccccc1F. The minimum atomic E-state index is -0.562. The number of aromatic nitrogens is 2. The van der Waals surface area contributed by atoms with Crippen molar-refractivity contribution in [1.29, 1.82) is 0 Å². The summed E-state index contributed by atoms with van der Waals surface area (Å²) in [5.41, 5.74) is 1.21. The molecular formula is C19H17FN4O2. The average Bonchev–Trinajstić information content (AvgIpc) is 3.34. The fourth-order valence-corrected chi connectivity index (χ4v) is 2.94. The molecule has 1 amide bonds. The molecule has 6 nitrogen and oxygen atoms in total. The Morgan fingerprint density at radius 2 is 1.88 bits per heavy atom. The molecular weight excluding hydrogens is 335 g/mol. The van der Waals surface area contributed by atoms with Crippen LogP contribution in [0, 0.1) is 5.82 Å². The van der Waals surface area contributed by atoms with E-state index >= 15 is 0 Å². The molecule has 3 aromatic rings. The predicted molar refractivity (Wildman–Crippen MR) is 95.5 cm³/mol. The minimum Gasteiger partial charge on any atom is -0.403 e. The van der Waals surface area contributed by atoms with Crippen molar-refractivity contribution in [2.24, 2.45) is 0 Å². The molecule has 1 aromatic heterocycles. The molecule has 1 aliphatic rings. The minimum absolute atomic E-state index is 0.00740. The summed E-state index contributed by atoms with van der Waals surface area (Å²) in [5.74, 6) is -0.689. The Morgan fingerprint density at radius 3 is 2.69 bits per heavy atom. The van der Waals surface area contributed by atoms with Crippen LogP contribution in [0.1, 0.15) is 23.2 Å². The number of carbonyl (C=O) groups is 1. The lowest BCUT2D eigenvalue weighted by atomic mass is 10.1.